The molecule has 1 unspecified atom stereocenters. The van der Waals surface area contributed by atoms with Crippen LogP contribution in [0.5, 0.6) is 0 Å². The lowest BCUT2D eigenvalue weighted by atomic mass is 10.1. The van der Waals surface area contributed by atoms with E-state index in [1.165, 1.54) is 24.8 Å². The van der Waals surface area contributed by atoms with Crippen LogP contribution in [0.25, 0.3) is 0 Å². The van der Waals surface area contributed by atoms with E-state index in [2.05, 4.69) is 60.9 Å². The van der Waals surface area contributed by atoms with Crippen LogP contribution in [0.2, 0.25) is 0 Å². The molecule has 19 heavy (non-hydrogen) atoms. The molecule has 1 heterocycles. The fraction of sp³-hybridized carbons (Fsp3) is 0.556. The first-order chi connectivity index (χ1) is 9.36. The van der Waals surface area contributed by atoms with Crippen LogP contribution < -0.4 is 0 Å². The minimum absolute atomic E-state index is 0.512. The Morgan fingerprint density at radius 1 is 1.11 bits per heavy atom. The normalized spacial score (nSPS) is 24.6. The quantitative estimate of drug-likeness (QED) is 0.543. The predicted molar refractivity (Wildman–Crippen MR) is 81.8 cm³/mol. The molecule has 1 aliphatic rings. The maximum Gasteiger partial charge on any atom is 0.0878 e. The van der Waals surface area contributed by atoms with Gasteiger partial charge in [-0.15, -0.1) is 5.92 Å². The number of rotatable bonds is 6. The van der Waals surface area contributed by atoms with E-state index in [-0.39, 0.29) is 0 Å². The van der Waals surface area contributed by atoms with Crippen LogP contribution in [-0.2, 0) is 6.54 Å². The third-order valence-electron chi connectivity index (χ3n) is 3.74. The van der Waals surface area contributed by atoms with Crippen molar-refractivity contribution in [2.45, 2.75) is 64.6 Å². The topological polar surface area (TPSA) is 3.01 Å². The standard InChI is InChI=1S/C18H25N/c1-3-5-8-14-18-17(13-6-4-2)19(18)15-16-11-9-7-10-12-16/h7,9-12,17-18H,3-6,13,15H2,1-2H3/t17-,18-,19?/m1/s1. The summed E-state index contributed by atoms with van der Waals surface area (Å²) in [4.78, 5) is 2.55. The second kappa shape index (κ2) is 7.36. The zero-order chi connectivity index (χ0) is 13.5. The van der Waals surface area contributed by atoms with E-state index < -0.39 is 0 Å². The Hall–Kier alpha value is -1.26. The summed E-state index contributed by atoms with van der Waals surface area (Å²) in [7, 11) is 0. The molecule has 0 spiro atoms. The zero-order valence-electron chi connectivity index (χ0n) is 12.2. The third-order valence-corrected chi connectivity index (χ3v) is 3.74. The first-order valence-corrected chi connectivity index (χ1v) is 7.64. The molecule has 1 heteroatoms. The van der Waals surface area contributed by atoms with Crippen molar-refractivity contribution in [3.8, 4) is 11.8 Å². The SMILES string of the molecule is CCCC#C[C@@H]1[C@@H](CCCC)N1Cc1ccccc1. The molecule has 1 aromatic carbocycles. The van der Waals surface area contributed by atoms with Crippen molar-refractivity contribution in [1.29, 1.82) is 0 Å². The van der Waals surface area contributed by atoms with Gasteiger partial charge in [0.25, 0.3) is 0 Å². The average molecular weight is 255 g/mol. The minimum Gasteiger partial charge on any atom is -0.279 e. The van der Waals surface area contributed by atoms with E-state index in [1.54, 1.807) is 0 Å². The Kier molecular flexibility index (Phi) is 5.48. The van der Waals surface area contributed by atoms with Crippen molar-refractivity contribution in [3.05, 3.63) is 35.9 Å². The van der Waals surface area contributed by atoms with Gasteiger partial charge in [0, 0.05) is 19.0 Å². The Labute approximate surface area is 118 Å². The van der Waals surface area contributed by atoms with Crippen molar-refractivity contribution in [2.24, 2.45) is 0 Å². The van der Waals surface area contributed by atoms with Crippen LogP contribution in [0.15, 0.2) is 30.3 Å². The van der Waals surface area contributed by atoms with Crippen molar-refractivity contribution in [2.75, 3.05) is 0 Å². The fourth-order valence-electron chi connectivity index (χ4n) is 2.56. The van der Waals surface area contributed by atoms with Gasteiger partial charge in [0.1, 0.15) is 0 Å². The highest BCUT2D eigenvalue weighted by Crippen LogP contribution is 2.33. The Bertz CT molecular complexity index is 426. The van der Waals surface area contributed by atoms with Gasteiger partial charge in [-0.2, -0.15) is 0 Å². The van der Waals surface area contributed by atoms with Crippen molar-refractivity contribution < 1.29 is 0 Å². The molecule has 2 rings (SSSR count). The molecule has 0 amide bonds. The molecule has 0 N–H and O–H groups in total. The van der Waals surface area contributed by atoms with E-state index in [4.69, 9.17) is 0 Å². The van der Waals surface area contributed by atoms with Crippen LogP contribution >= 0.6 is 0 Å². The van der Waals surface area contributed by atoms with Gasteiger partial charge in [-0.3, -0.25) is 4.90 Å². The third kappa shape index (κ3) is 4.11. The number of hydrogen-bond acceptors (Lipinski definition) is 1. The number of nitrogens with zero attached hydrogens (tertiary/aromatic N) is 1. The molecule has 0 saturated carbocycles. The summed E-state index contributed by atoms with van der Waals surface area (Å²) >= 11 is 0. The van der Waals surface area contributed by atoms with Crippen molar-refractivity contribution in [3.63, 3.8) is 0 Å². The molecular weight excluding hydrogens is 230 g/mol. The summed E-state index contributed by atoms with van der Waals surface area (Å²) in [5.41, 5.74) is 1.41. The van der Waals surface area contributed by atoms with Gasteiger partial charge in [-0.1, -0.05) is 62.9 Å². The average Bonchev–Trinajstić information content (AvgIpc) is 3.09. The van der Waals surface area contributed by atoms with E-state index >= 15 is 0 Å². The molecule has 0 bridgehead atoms. The van der Waals surface area contributed by atoms with Gasteiger partial charge in [0.05, 0.1) is 6.04 Å². The summed E-state index contributed by atoms with van der Waals surface area (Å²) in [6.45, 7) is 5.51. The number of benzene rings is 1. The molecule has 1 nitrogen and oxygen atoms in total. The van der Waals surface area contributed by atoms with E-state index in [9.17, 15) is 0 Å². The smallest absolute Gasteiger partial charge is 0.0878 e. The first kappa shape index (κ1) is 14.2. The molecule has 102 valence electrons. The number of unbranched alkanes of at least 4 members (excludes halogenated alkanes) is 2. The molecule has 1 fully saturated rings. The molecule has 1 aliphatic heterocycles. The van der Waals surface area contributed by atoms with Gasteiger partial charge in [0.15, 0.2) is 0 Å². The largest absolute Gasteiger partial charge is 0.279 e. The molecular formula is C18H25N. The first-order valence-electron chi connectivity index (χ1n) is 7.64. The van der Waals surface area contributed by atoms with Crippen molar-refractivity contribution in [1.82, 2.24) is 4.90 Å². The van der Waals surface area contributed by atoms with Crippen LogP contribution in [0.1, 0.15) is 51.5 Å². The zero-order valence-corrected chi connectivity index (χ0v) is 12.2. The molecule has 0 radical (unpaired) electrons. The lowest BCUT2D eigenvalue weighted by Crippen LogP contribution is -2.02. The van der Waals surface area contributed by atoms with Gasteiger partial charge in [-0.25, -0.2) is 0 Å². The maximum atomic E-state index is 3.46. The predicted octanol–water partition coefficient (Wildman–Crippen LogP) is 4.23. The summed E-state index contributed by atoms with van der Waals surface area (Å²) in [5, 5.41) is 0. The molecule has 1 aromatic rings. The second-order valence-electron chi connectivity index (χ2n) is 5.38. The summed E-state index contributed by atoms with van der Waals surface area (Å²) < 4.78 is 0. The summed E-state index contributed by atoms with van der Waals surface area (Å²) in [6, 6.07) is 12.0. The van der Waals surface area contributed by atoms with Gasteiger partial charge in [0.2, 0.25) is 0 Å². The van der Waals surface area contributed by atoms with E-state index in [0.29, 0.717) is 12.1 Å². The Morgan fingerprint density at radius 3 is 2.58 bits per heavy atom. The Balaban J connectivity index is 1.92. The van der Waals surface area contributed by atoms with Gasteiger partial charge >= 0.3 is 0 Å². The summed E-state index contributed by atoms with van der Waals surface area (Å²) in [6.07, 6.45) is 6.11. The molecule has 1 saturated heterocycles. The number of hydrogen-bond donors (Lipinski definition) is 0. The monoisotopic (exact) mass is 255 g/mol. The molecule has 0 aromatic heterocycles. The fourth-order valence-corrected chi connectivity index (χ4v) is 2.56. The summed E-state index contributed by atoms with van der Waals surface area (Å²) in [5.74, 6) is 6.79. The highest BCUT2D eigenvalue weighted by Gasteiger charge is 2.45. The van der Waals surface area contributed by atoms with E-state index in [1.807, 2.05) is 0 Å². The maximum absolute atomic E-state index is 3.46. The van der Waals surface area contributed by atoms with Gasteiger partial charge < -0.3 is 0 Å². The van der Waals surface area contributed by atoms with Crippen LogP contribution in [-0.4, -0.2) is 17.0 Å². The highest BCUT2D eigenvalue weighted by atomic mass is 15.3. The second-order valence-corrected chi connectivity index (χ2v) is 5.38. The Morgan fingerprint density at radius 2 is 1.89 bits per heavy atom. The van der Waals surface area contributed by atoms with Crippen molar-refractivity contribution >= 4 is 0 Å². The lowest BCUT2D eigenvalue weighted by Gasteiger charge is -2.03. The lowest BCUT2D eigenvalue weighted by molar-refractivity contribution is 0.470. The molecule has 0 aliphatic carbocycles. The van der Waals surface area contributed by atoms with Crippen LogP contribution in [0.4, 0.5) is 0 Å². The van der Waals surface area contributed by atoms with Crippen LogP contribution in [0.3, 0.4) is 0 Å². The van der Waals surface area contributed by atoms with E-state index in [0.717, 1.165) is 19.4 Å². The highest BCUT2D eigenvalue weighted by molar-refractivity contribution is 5.25. The molecule has 3 atom stereocenters. The minimum atomic E-state index is 0.512. The van der Waals surface area contributed by atoms with Gasteiger partial charge in [-0.05, 0) is 18.4 Å². The van der Waals surface area contributed by atoms with Crippen LogP contribution in [0, 0.1) is 11.8 Å².